The summed E-state index contributed by atoms with van der Waals surface area (Å²) in [6.07, 6.45) is 2.26. The molecule has 0 spiro atoms. The maximum atomic E-state index is 5.93. The van der Waals surface area contributed by atoms with Crippen molar-refractivity contribution in [3.05, 3.63) is 41.3 Å². The normalized spacial score (nSPS) is 10.2. The van der Waals surface area contributed by atoms with Gasteiger partial charge in [-0.3, -0.25) is 0 Å². The number of nitrogens with zero attached hydrogens (tertiary/aromatic N) is 2. The molecule has 20 heavy (non-hydrogen) atoms. The van der Waals surface area contributed by atoms with Crippen molar-refractivity contribution in [1.82, 2.24) is 9.97 Å². The Kier molecular flexibility index (Phi) is 5.01. The predicted octanol–water partition coefficient (Wildman–Crippen LogP) is 2.80. The third kappa shape index (κ3) is 3.51. The fraction of sp³-hybridized carbons (Fsp3) is 0.286. The van der Waals surface area contributed by atoms with Gasteiger partial charge in [0.1, 0.15) is 12.1 Å². The van der Waals surface area contributed by atoms with E-state index in [1.165, 1.54) is 11.9 Å². The van der Waals surface area contributed by atoms with Crippen LogP contribution in [0.5, 0.6) is 11.5 Å². The minimum Gasteiger partial charge on any atom is -0.497 e. The summed E-state index contributed by atoms with van der Waals surface area (Å²) < 4.78 is 10.3. The second-order valence-corrected chi connectivity index (χ2v) is 4.43. The van der Waals surface area contributed by atoms with E-state index in [0.717, 1.165) is 18.7 Å². The highest BCUT2D eigenvalue weighted by Gasteiger charge is 2.09. The number of rotatable bonds is 6. The standard InChI is InChI=1S/C14H16ClN3O2/c1-19-11-5-3-10(4-6-11)7-8-16-14-12(20-2)13(15)17-9-18-14/h3-6,9H,7-8H2,1-2H3,(H,16,17,18). The van der Waals surface area contributed by atoms with E-state index >= 15 is 0 Å². The fourth-order valence-electron chi connectivity index (χ4n) is 1.78. The predicted molar refractivity (Wildman–Crippen MR) is 78.8 cm³/mol. The number of hydrogen-bond acceptors (Lipinski definition) is 5. The van der Waals surface area contributed by atoms with Gasteiger partial charge in [-0.15, -0.1) is 0 Å². The number of benzene rings is 1. The Hall–Kier alpha value is -2.01. The molecule has 1 N–H and O–H groups in total. The van der Waals surface area contributed by atoms with Gasteiger partial charge in [0.25, 0.3) is 0 Å². The van der Waals surface area contributed by atoms with Gasteiger partial charge in [-0.2, -0.15) is 0 Å². The van der Waals surface area contributed by atoms with Crippen LogP contribution in [0.3, 0.4) is 0 Å². The van der Waals surface area contributed by atoms with Crippen molar-refractivity contribution in [1.29, 1.82) is 0 Å². The number of hydrogen-bond donors (Lipinski definition) is 1. The van der Waals surface area contributed by atoms with Gasteiger partial charge in [-0.1, -0.05) is 23.7 Å². The molecule has 6 heteroatoms. The van der Waals surface area contributed by atoms with Crippen LogP contribution in [0.2, 0.25) is 5.15 Å². The number of aromatic nitrogens is 2. The Bertz CT molecular complexity index is 561. The molecule has 0 saturated carbocycles. The molecule has 2 aromatic rings. The van der Waals surface area contributed by atoms with Crippen LogP contribution in [0.4, 0.5) is 5.82 Å². The molecule has 0 aliphatic carbocycles. The summed E-state index contributed by atoms with van der Waals surface area (Å²) in [5, 5.41) is 3.49. The van der Waals surface area contributed by atoms with Crippen molar-refractivity contribution in [3.63, 3.8) is 0 Å². The maximum absolute atomic E-state index is 5.93. The Morgan fingerprint density at radius 1 is 1.10 bits per heavy atom. The van der Waals surface area contributed by atoms with Crippen molar-refractivity contribution in [2.75, 3.05) is 26.1 Å². The van der Waals surface area contributed by atoms with Crippen molar-refractivity contribution in [2.24, 2.45) is 0 Å². The zero-order valence-electron chi connectivity index (χ0n) is 11.4. The van der Waals surface area contributed by atoms with E-state index in [-0.39, 0.29) is 0 Å². The molecule has 0 amide bonds. The van der Waals surface area contributed by atoms with Crippen LogP contribution in [0.1, 0.15) is 5.56 Å². The first-order valence-electron chi connectivity index (χ1n) is 6.16. The molecule has 2 rings (SSSR count). The highest BCUT2D eigenvalue weighted by atomic mass is 35.5. The van der Waals surface area contributed by atoms with Crippen LogP contribution in [-0.4, -0.2) is 30.7 Å². The monoisotopic (exact) mass is 293 g/mol. The lowest BCUT2D eigenvalue weighted by Crippen LogP contribution is -2.08. The van der Waals surface area contributed by atoms with Gasteiger partial charge in [0.15, 0.2) is 16.7 Å². The topological polar surface area (TPSA) is 56.3 Å². The molecule has 0 aliphatic rings. The first-order valence-corrected chi connectivity index (χ1v) is 6.53. The molecule has 0 radical (unpaired) electrons. The molecule has 106 valence electrons. The van der Waals surface area contributed by atoms with Crippen LogP contribution in [0.25, 0.3) is 0 Å². The maximum Gasteiger partial charge on any atom is 0.198 e. The number of methoxy groups -OCH3 is 2. The lowest BCUT2D eigenvalue weighted by atomic mass is 10.1. The first kappa shape index (κ1) is 14.4. The smallest absolute Gasteiger partial charge is 0.198 e. The van der Waals surface area contributed by atoms with E-state index in [0.29, 0.717) is 16.7 Å². The van der Waals surface area contributed by atoms with E-state index < -0.39 is 0 Å². The summed E-state index contributed by atoms with van der Waals surface area (Å²) in [5.74, 6) is 1.91. The largest absolute Gasteiger partial charge is 0.497 e. The van der Waals surface area contributed by atoms with Gasteiger partial charge < -0.3 is 14.8 Å². The van der Waals surface area contributed by atoms with Crippen molar-refractivity contribution in [2.45, 2.75) is 6.42 Å². The van der Waals surface area contributed by atoms with Crippen molar-refractivity contribution in [3.8, 4) is 11.5 Å². The van der Waals surface area contributed by atoms with E-state index in [4.69, 9.17) is 21.1 Å². The minimum absolute atomic E-state index is 0.300. The van der Waals surface area contributed by atoms with Crippen molar-refractivity contribution < 1.29 is 9.47 Å². The van der Waals surface area contributed by atoms with Crippen LogP contribution in [0.15, 0.2) is 30.6 Å². The van der Waals surface area contributed by atoms with Crippen LogP contribution < -0.4 is 14.8 Å². The molecular weight excluding hydrogens is 278 g/mol. The highest BCUT2D eigenvalue weighted by molar-refractivity contribution is 6.31. The Balaban J connectivity index is 1.94. The Labute approximate surface area is 122 Å². The summed E-state index contributed by atoms with van der Waals surface area (Å²) >= 11 is 5.93. The van der Waals surface area contributed by atoms with E-state index in [1.807, 2.05) is 24.3 Å². The SMILES string of the molecule is COc1ccc(CCNc2ncnc(Cl)c2OC)cc1. The third-order valence-corrected chi connectivity index (χ3v) is 3.10. The molecule has 5 nitrogen and oxygen atoms in total. The molecule has 0 saturated heterocycles. The lowest BCUT2D eigenvalue weighted by molar-refractivity contribution is 0.413. The molecule has 0 bridgehead atoms. The van der Waals surface area contributed by atoms with Gasteiger partial charge in [0.05, 0.1) is 14.2 Å². The van der Waals surface area contributed by atoms with Crippen LogP contribution in [-0.2, 0) is 6.42 Å². The zero-order valence-corrected chi connectivity index (χ0v) is 12.1. The van der Waals surface area contributed by atoms with Gasteiger partial charge >= 0.3 is 0 Å². The fourth-order valence-corrected chi connectivity index (χ4v) is 1.99. The van der Waals surface area contributed by atoms with Gasteiger partial charge in [-0.05, 0) is 24.1 Å². The summed E-state index contributed by atoms with van der Waals surface area (Å²) in [6, 6.07) is 7.95. The Morgan fingerprint density at radius 2 is 1.85 bits per heavy atom. The van der Waals surface area contributed by atoms with Gasteiger partial charge in [0, 0.05) is 6.54 Å². The molecule has 0 aliphatic heterocycles. The molecular formula is C14H16ClN3O2. The van der Waals surface area contributed by atoms with E-state index in [1.54, 1.807) is 14.2 Å². The minimum atomic E-state index is 0.300. The van der Waals surface area contributed by atoms with E-state index in [9.17, 15) is 0 Å². The summed E-state index contributed by atoms with van der Waals surface area (Å²) in [5.41, 5.74) is 1.21. The van der Waals surface area contributed by atoms with Gasteiger partial charge in [0.2, 0.25) is 0 Å². The average Bonchev–Trinajstić information content (AvgIpc) is 2.48. The zero-order chi connectivity index (χ0) is 14.4. The second kappa shape index (κ2) is 6.96. The first-order chi connectivity index (χ1) is 9.74. The molecule has 1 aromatic carbocycles. The molecule has 1 aromatic heterocycles. The lowest BCUT2D eigenvalue weighted by Gasteiger charge is -2.10. The molecule has 0 fully saturated rings. The molecule has 0 atom stereocenters. The summed E-state index contributed by atoms with van der Waals surface area (Å²) in [7, 11) is 3.20. The van der Waals surface area contributed by atoms with E-state index in [2.05, 4.69) is 15.3 Å². The number of halogens is 1. The average molecular weight is 294 g/mol. The van der Waals surface area contributed by atoms with Gasteiger partial charge in [-0.25, -0.2) is 9.97 Å². The Morgan fingerprint density at radius 3 is 2.50 bits per heavy atom. The molecule has 0 unspecified atom stereocenters. The quantitative estimate of drug-likeness (QED) is 0.830. The summed E-state index contributed by atoms with van der Waals surface area (Å²) in [4.78, 5) is 7.99. The van der Waals surface area contributed by atoms with Crippen molar-refractivity contribution >= 4 is 17.4 Å². The highest BCUT2D eigenvalue weighted by Crippen LogP contribution is 2.28. The van der Waals surface area contributed by atoms with Crippen LogP contribution >= 0.6 is 11.6 Å². The summed E-state index contributed by atoms with van der Waals surface area (Å²) in [6.45, 7) is 0.718. The molecule has 1 heterocycles. The second-order valence-electron chi connectivity index (χ2n) is 4.07. The number of nitrogens with one attached hydrogen (secondary N) is 1. The third-order valence-electron chi connectivity index (χ3n) is 2.83. The number of ether oxygens (including phenoxy) is 2. The van der Waals surface area contributed by atoms with Crippen LogP contribution in [0, 0.1) is 0 Å². The number of anilines is 1.